The number of nitrogens with zero attached hydrogens (tertiary/aromatic N) is 1. The van der Waals surface area contributed by atoms with Gasteiger partial charge in [0.25, 0.3) is 0 Å². The minimum Gasteiger partial charge on any atom is -0.444 e. The van der Waals surface area contributed by atoms with E-state index in [1.54, 1.807) is 4.90 Å². The van der Waals surface area contributed by atoms with Gasteiger partial charge in [0.1, 0.15) is 18.2 Å². The van der Waals surface area contributed by atoms with E-state index >= 15 is 0 Å². The van der Waals surface area contributed by atoms with Crippen LogP contribution in [0.25, 0.3) is 0 Å². The van der Waals surface area contributed by atoms with Crippen LogP contribution in [-0.2, 0) is 11.3 Å². The molecule has 0 aliphatic carbocycles. The Morgan fingerprint density at radius 3 is 2.61 bits per heavy atom. The van der Waals surface area contributed by atoms with Crippen LogP contribution >= 0.6 is 12.4 Å². The predicted molar refractivity (Wildman–Crippen MR) is 106 cm³/mol. The van der Waals surface area contributed by atoms with E-state index in [2.05, 4.69) is 10.6 Å². The highest BCUT2D eigenvalue weighted by Gasteiger charge is 2.30. The zero-order chi connectivity index (χ0) is 19.8. The molecule has 0 radical (unpaired) electrons. The highest BCUT2D eigenvalue weighted by molar-refractivity contribution is 5.85. The highest BCUT2D eigenvalue weighted by Crippen LogP contribution is 2.19. The van der Waals surface area contributed by atoms with Gasteiger partial charge in [-0.2, -0.15) is 0 Å². The number of nitrogens with one attached hydrogen (secondary N) is 2. The van der Waals surface area contributed by atoms with Crippen LogP contribution in [0.1, 0.15) is 39.2 Å². The van der Waals surface area contributed by atoms with Gasteiger partial charge in [-0.25, -0.2) is 14.0 Å². The van der Waals surface area contributed by atoms with E-state index in [9.17, 15) is 14.0 Å². The normalized spacial score (nSPS) is 18.8. The molecule has 1 fully saturated rings. The summed E-state index contributed by atoms with van der Waals surface area (Å²) in [6, 6.07) is 3.90. The van der Waals surface area contributed by atoms with Crippen LogP contribution in [0.2, 0.25) is 0 Å². The molecule has 2 N–H and O–H groups in total. The Morgan fingerprint density at radius 1 is 1.29 bits per heavy atom. The van der Waals surface area contributed by atoms with Crippen LogP contribution in [-0.4, -0.2) is 48.8 Å². The maximum absolute atomic E-state index is 14.0. The highest BCUT2D eigenvalue weighted by atomic mass is 35.5. The number of rotatable bonds is 6. The van der Waals surface area contributed by atoms with Gasteiger partial charge in [-0.05, 0) is 38.5 Å². The molecule has 7 nitrogen and oxygen atoms in total. The van der Waals surface area contributed by atoms with E-state index in [4.69, 9.17) is 9.47 Å². The molecule has 0 spiro atoms. The number of piperazine rings is 1. The summed E-state index contributed by atoms with van der Waals surface area (Å²) >= 11 is 0. The van der Waals surface area contributed by atoms with Crippen LogP contribution < -0.4 is 15.4 Å². The standard InChI is InChI=1S/C19H28FN3O4.ClH/c1-4-5-8-22-18(24)27-16-6-7-17(20)15(9-16)12-26-19(25)23-13(2)10-21-11-14(23)3;/h6-7,9,13-14,21H,4-5,8,10-12H2,1-3H3,(H,22,24);1H. The zero-order valence-corrected chi connectivity index (χ0v) is 17.3. The largest absolute Gasteiger partial charge is 0.444 e. The van der Waals surface area contributed by atoms with Crippen LogP contribution in [0.15, 0.2) is 18.2 Å². The summed E-state index contributed by atoms with van der Waals surface area (Å²) in [6.45, 7) is 7.52. The van der Waals surface area contributed by atoms with Crippen molar-refractivity contribution in [3.63, 3.8) is 0 Å². The summed E-state index contributed by atoms with van der Waals surface area (Å²) in [7, 11) is 0. The lowest BCUT2D eigenvalue weighted by Crippen LogP contribution is -2.57. The van der Waals surface area contributed by atoms with Gasteiger partial charge in [-0.15, -0.1) is 12.4 Å². The van der Waals surface area contributed by atoms with E-state index in [0.717, 1.165) is 12.8 Å². The Morgan fingerprint density at radius 2 is 1.96 bits per heavy atom. The van der Waals surface area contributed by atoms with Crippen molar-refractivity contribution in [2.75, 3.05) is 19.6 Å². The molecule has 2 amide bonds. The number of amides is 2. The predicted octanol–water partition coefficient (Wildman–Crippen LogP) is 3.45. The second-order valence-corrected chi connectivity index (χ2v) is 6.74. The number of hydrogen-bond donors (Lipinski definition) is 2. The van der Waals surface area contributed by atoms with Crippen molar-refractivity contribution < 1.29 is 23.5 Å². The fourth-order valence-corrected chi connectivity index (χ4v) is 2.94. The van der Waals surface area contributed by atoms with Gasteiger partial charge in [0, 0.05) is 37.3 Å². The third kappa shape index (κ3) is 6.83. The summed E-state index contributed by atoms with van der Waals surface area (Å²) in [5, 5.41) is 5.85. The van der Waals surface area contributed by atoms with Crippen LogP contribution in [0.3, 0.4) is 0 Å². The first kappa shape index (κ1) is 24.0. The fourth-order valence-electron chi connectivity index (χ4n) is 2.94. The molecule has 0 aromatic heterocycles. The molecule has 2 atom stereocenters. The minimum absolute atomic E-state index is 0. The van der Waals surface area contributed by atoms with E-state index in [1.165, 1.54) is 18.2 Å². The van der Waals surface area contributed by atoms with Crippen molar-refractivity contribution in [2.45, 2.75) is 52.3 Å². The number of unbranched alkanes of at least 4 members (excludes halogenated alkanes) is 1. The molecule has 158 valence electrons. The van der Waals surface area contributed by atoms with E-state index in [1.807, 2.05) is 20.8 Å². The molecule has 9 heteroatoms. The second kappa shape index (κ2) is 11.7. The van der Waals surface area contributed by atoms with Crippen LogP contribution in [0.4, 0.5) is 14.0 Å². The van der Waals surface area contributed by atoms with Crippen molar-refractivity contribution >= 4 is 24.6 Å². The van der Waals surface area contributed by atoms with Gasteiger partial charge in [-0.3, -0.25) is 0 Å². The first-order valence-corrected chi connectivity index (χ1v) is 9.32. The van der Waals surface area contributed by atoms with E-state index in [0.29, 0.717) is 19.6 Å². The lowest BCUT2D eigenvalue weighted by atomic mass is 10.1. The topological polar surface area (TPSA) is 79.9 Å². The molecule has 1 aliphatic rings. The molecule has 2 rings (SSSR count). The summed E-state index contributed by atoms with van der Waals surface area (Å²) in [6.07, 6.45) is 0.722. The molecule has 1 heterocycles. The Labute approximate surface area is 171 Å². The average Bonchev–Trinajstić information content (AvgIpc) is 2.62. The van der Waals surface area contributed by atoms with Crippen molar-refractivity contribution in [1.29, 1.82) is 0 Å². The molecule has 0 bridgehead atoms. The molecule has 28 heavy (non-hydrogen) atoms. The lowest BCUT2D eigenvalue weighted by Gasteiger charge is -2.38. The smallest absolute Gasteiger partial charge is 0.412 e. The Balaban J connectivity index is 0.00000392. The quantitative estimate of drug-likeness (QED) is 0.693. The van der Waals surface area contributed by atoms with E-state index in [-0.39, 0.29) is 42.4 Å². The van der Waals surface area contributed by atoms with Gasteiger partial charge in [-0.1, -0.05) is 13.3 Å². The Kier molecular flexibility index (Phi) is 10.0. The lowest BCUT2D eigenvalue weighted by molar-refractivity contribution is 0.0557. The van der Waals surface area contributed by atoms with Crippen molar-refractivity contribution in [3.05, 3.63) is 29.6 Å². The van der Waals surface area contributed by atoms with Crippen LogP contribution in [0.5, 0.6) is 5.75 Å². The molecule has 1 aliphatic heterocycles. The van der Waals surface area contributed by atoms with Gasteiger partial charge in [0.05, 0.1) is 0 Å². The van der Waals surface area contributed by atoms with Gasteiger partial charge in [0.15, 0.2) is 0 Å². The summed E-state index contributed by atoms with van der Waals surface area (Å²) < 4.78 is 24.5. The van der Waals surface area contributed by atoms with Gasteiger partial charge < -0.3 is 25.0 Å². The van der Waals surface area contributed by atoms with Crippen molar-refractivity contribution in [1.82, 2.24) is 15.5 Å². The number of carbonyl (C=O) groups excluding carboxylic acids is 2. The maximum Gasteiger partial charge on any atom is 0.412 e. The summed E-state index contributed by atoms with van der Waals surface area (Å²) in [5.41, 5.74) is 0.151. The van der Waals surface area contributed by atoms with Gasteiger partial charge in [0.2, 0.25) is 0 Å². The third-order valence-electron chi connectivity index (χ3n) is 4.42. The Bertz CT molecular complexity index is 652. The maximum atomic E-state index is 14.0. The molecule has 0 saturated carbocycles. The number of benzene rings is 1. The van der Waals surface area contributed by atoms with Crippen molar-refractivity contribution in [3.8, 4) is 5.75 Å². The van der Waals surface area contributed by atoms with Crippen LogP contribution in [0, 0.1) is 5.82 Å². The Hall–Kier alpha value is -2.06. The SMILES string of the molecule is CCCCNC(=O)Oc1ccc(F)c(COC(=O)N2C(C)CNCC2C)c1.Cl. The number of ether oxygens (including phenoxy) is 2. The van der Waals surface area contributed by atoms with E-state index < -0.39 is 18.0 Å². The fraction of sp³-hybridized carbons (Fsp3) is 0.579. The molecule has 1 aromatic rings. The zero-order valence-electron chi connectivity index (χ0n) is 16.5. The molecule has 1 aromatic carbocycles. The first-order chi connectivity index (χ1) is 12.9. The van der Waals surface area contributed by atoms with Crippen molar-refractivity contribution in [2.24, 2.45) is 0 Å². The monoisotopic (exact) mass is 417 g/mol. The first-order valence-electron chi connectivity index (χ1n) is 9.32. The molecule has 1 saturated heterocycles. The number of hydrogen-bond acceptors (Lipinski definition) is 5. The molecular weight excluding hydrogens is 389 g/mol. The minimum atomic E-state index is -0.596. The molecular formula is C19H29ClFN3O4. The number of carbonyl (C=O) groups is 2. The second-order valence-electron chi connectivity index (χ2n) is 6.74. The summed E-state index contributed by atoms with van der Waals surface area (Å²) in [5.74, 6) is -0.330. The summed E-state index contributed by atoms with van der Waals surface area (Å²) in [4.78, 5) is 25.7. The third-order valence-corrected chi connectivity index (χ3v) is 4.42. The van der Waals surface area contributed by atoms with Gasteiger partial charge >= 0.3 is 12.2 Å². The number of halogens is 2. The average molecular weight is 418 g/mol. The molecule has 2 unspecified atom stereocenters.